The van der Waals surface area contributed by atoms with Crippen molar-refractivity contribution < 1.29 is 9.53 Å². The Balaban J connectivity index is 1.44. The quantitative estimate of drug-likeness (QED) is 0.706. The molecule has 0 aliphatic carbocycles. The van der Waals surface area contributed by atoms with Crippen LogP contribution < -0.4 is 20.9 Å². The number of hydrogen-bond donors (Lipinski definition) is 3. The topological polar surface area (TPSA) is 78.0 Å². The van der Waals surface area contributed by atoms with Crippen molar-refractivity contribution in [1.29, 1.82) is 0 Å². The van der Waals surface area contributed by atoms with Crippen LogP contribution >= 0.6 is 0 Å². The van der Waals surface area contributed by atoms with Crippen LogP contribution in [0.4, 0.5) is 5.69 Å². The summed E-state index contributed by atoms with van der Waals surface area (Å²) in [5.74, 6) is 3.12. The Labute approximate surface area is 135 Å². The van der Waals surface area contributed by atoms with Crippen molar-refractivity contribution in [3.63, 3.8) is 0 Å². The number of nitrogens with zero attached hydrogens (tertiary/aromatic N) is 2. The van der Waals surface area contributed by atoms with E-state index < -0.39 is 0 Å². The van der Waals surface area contributed by atoms with Gasteiger partial charge in [0, 0.05) is 12.2 Å². The lowest BCUT2D eigenvalue weighted by molar-refractivity contribution is 0.183. The van der Waals surface area contributed by atoms with Crippen LogP contribution in [0, 0.1) is 0 Å². The van der Waals surface area contributed by atoms with Gasteiger partial charge in [-0.3, -0.25) is 15.8 Å². The molecule has 122 valence electrons. The number of guanidine groups is 1. The first kappa shape index (κ1) is 15.4. The lowest BCUT2D eigenvalue weighted by Crippen LogP contribution is -2.33. The average Bonchev–Trinajstić information content (AvgIpc) is 3.05. The first-order valence-corrected chi connectivity index (χ1v) is 7.91. The van der Waals surface area contributed by atoms with Gasteiger partial charge in [0.25, 0.3) is 0 Å². The molecule has 2 aliphatic heterocycles. The second-order valence-corrected chi connectivity index (χ2v) is 5.56. The Morgan fingerprint density at radius 3 is 2.65 bits per heavy atom. The average molecular weight is 315 g/mol. The summed E-state index contributed by atoms with van der Waals surface area (Å²) in [4.78, 5) is 16.9. The largest absolute Gasteiger partial charge is 0.492 e. The molecule has 3 N–H and O–H groups in total. The van der Waals surface area contributed by atoms with Gasteiger partial charge in [0.2, 0.25) is 11.8 Å². The number of benzene rings is 1. The van der Waals surface area contributed by atoms with E-state index in [1.54, 1.807) is 5.94 Å². The number of aliphatic imine (C=N–C) groups is 1. The van der Waals surface area contributed by atoms with Gasteiger partial charge in [-0.25, -0.2) is 4.79 Å². The van der Waals surface area contributed by atoms with E-state index in [1.807, 2.05) is 24.3 Å². The minimum absolute atomic E-state index is 0.130. The summed E-state index contributed by atoms with van der Waals surface area (Å²) in [5, 5.41) is 3.05. The first-order chi connectivity index (χ1) is 11.3. The van der Waals surface area contributed by atoms with Crippen molar-refractivity contribution >= 4 is 17.6 Å². The molecule has 0 radical (unpaired) electrons. The number of rotatable bonds is 5. The molecule has 1 fully saturated rings. The maximum atomic E-state index is 10.4. The normalized spacial score (nSPS) is 17.7. The molecule has 3 rings (SSSR count). The molecule has 0 spiro atoms. The fraction of sp³-hybridized carbons (Fsp3) is 0.438. The number of likely N-dealkylation sites (tertiary alicyclic amines) is 1. The van der Waals surface area contributed by atoms with Crippen LogP contribution in [0.25, 0.3) is 0 Å². The number of anilines is 1. The van der Waals surface area contributed by atoms with E-state index in [0.29, 0.717) is 12.6 Å². The second-order valence-electron chi connectivity index (χ2n) is 5.56. The van der Waals surface area contributed by atoms with Gasteiger partial charge < -0.3 is 10.1 Å². The minimum atomic E-state index is 0.130. The third-order valence-corrected chi connectivity index (χ3v) is 3.86. The Hall–Kier alpha value is -2.50. The van der Waals surface area contributed by atoms with Crippen LogP contribution in [0.15, 0.2) is 35.1 Å². The second kappa shape index (κ2) is 7.67. The maximum absolute atomic E-state index is 10.4. The molecular formula is C16H21N5O2. The van der Waals surface area contributed by atoms with Gasteiger partial charge in [-0.15, -0.1) is 0 Å². The Morgan fingerprint density at radius 2 is 1.96 bits per heavy atom. The van der Waals surface area contributed by atoms with Gasteiger partial charge in [-0.05, 0) is 50.2 Å². The number of hydrogen-bond acceptors (Lipinski definition) is 7. The van der Waals surface area contributed by atoms with Crippen molar-refractivity contribution in [2.45, 2.75) is 19.3 Å². The fourth-order valence-corrected chi connectivity index (χ4v) is 2.64. The third kappa shape index (κ3) is 4.48. The number of piperidine rings is 1. The van der Waals surface area contributed by atoms with E-state index in [-0.39, 0.29) is 5.82 Å². The minimum Gasteiger partial charge on any atom is -0.492 e. The molecule has 0 saturated carbocycles. The zero-order valence-corrected chi connectivity index (χ0v) is 13.0. The van der Waals surface area contributed by atoms with Gasteiger partial charge in [-0.1, -0.05) is 6.42 Å². The van der Waals surface area contributed by atoms with E-state index in [0.717, 1.165) is 18.0 Å². The molecular weight excluding hydrogens is 294 g/mol. The molecule has 0 bridgehead atoms. The van der Waals surface area contributed by atoms with Crippen LogP contribution in [0.2, 0.25) is 0 Å². The van der Waals surface area contributed by atoms with Gasteiger partial charge in [0.1, 0.15) is 12.4 Å². The van der Waals surface area contributed by atoms with Gasteiger partial charge in [0.15, 0.2) is 5.94 Å². The number of ether oxygens (including phenoxy) is 1. The van der Waals surface area contributed by atoms with Crippen molar-refractivity contribution in [2.75, 3.05) is 31.6 Å². The number of hydrazine groups is 1. The lowest BCUT2D eigenvalue weighted by atomic mass is 10.1. The maximum Gasteiger partial charge on any atom is 0.234 e. The Kier molecular flexibility index (Phi) is 5.13. The predicted molar refractivity (Wildman–Crippen MR) is 88.8 cm³/mol. The lowest BCUT2D eigenvalue weighted by Gasteiger charge is -2.26. The van der Waals surface area contributed by atoms with E-state index in [9.17, 15) is 4.79 Å². The first-order valence-electron chi connectivity index (χ1n) is 7.91. The smallest absolute Gasteiger partial charge is 0.234 e. The molecule has 0 amide bonds. The van der Waals surface area contributed by atoms with Gasteiger partial charge in [-0.2, -0.15) is 4.99 Å². The van der Waals surface area contributed by atoms with Gasteiger partial charge >= 0.3 is 0 Å². The zero-order chi connectivity index (χ0) is 15.9. The summed E-state index contributed by atoms with van der Waals surface area (Å²) < 4.78 is 5.79. The standard InChI is InChI=1S/C16H21N5O2/c22-12-15-18-16(20-19-15)17-13-4-6-14(7-5-13)23-11-10-21-8-2-1-3-9-21/h4-7,19H,1-3,8-11H2,(H2,17,18,20). The molecule has 2 heterocycles. The summed E-state index contributed by atoms with van der Waals surface area (Å²) in [5.41, 5.74) is 6.19. The van der Waals surface area contributed by atoms with Crippen molar-refractivity contribution in [1.82, 2.24) is 15.8 Å². The number of carbonyl (C=O) groups excluding carboxylic acids is 1. The highest BCUT2D eigenvalue weighted by atomic mass is 16.5. The van der Waals surface area contributed by atoms with Gasteiger partial charge in [0.05, 0.1) is 0 Å². The molecule has 0 atom stereocenters. The van der Waals surface area contributed by atoms with Crippen molar-refractivity contribution in [2.24, 2.45) is 4.99 Å². The summed E-state index contributed by atoms with van der Waals surface area (Å²) in [6, 6.07) is 7.64. The highest BCUT2D eigenvalue weighted by molar-refractivity contribution is 5.96. The Morgan fingerprint density at radius 1 is 1.17 bits per heavy atom. The van der Waals surface area contributed by atoms with E-state index in [2.05, 4.69) is 26.1 Å². The summed E-state index contributed by atoms with van der Waals surface area (Å²) in [7, 11) is 0. The zero-order valence-electron chi connectivity index (χ0n) is 13.0. The van der Waals surface area contributed by atoms with Crippen LogP contribution in [-0.4, -0.2) is 43.0 Å². The summed E-state index contributed by atoms with van der Waals surface area (Å²) >= 11 is 0. The third-order valence-electron chi connectivity index (χ3n) is 3.86. The molecule has 7 nitrogen and oxygen atoms in total. The molecule has 1 aromatic rings. The van der Waals surface area contributed by atoms with Crippen LogP contribution in [-0.2, 0) is 4.79 Å². The fourth-order valence-electron chi connectivity index (χ4n) is 2.64. The van der Waals surface area contributed by atoms with E-state index in [4.69, 9.17) is 4.74 Å². The molecule has 23 heavy (non-hydrogen) atoms. The monoisotopic (exact) mass is 315 g/mol. The Bertz CT molecular complexity index is 601. The van der Waals surface area contributed by atoms with Crippen LogP contribution in [0.3, 0.4) is 0 Å². The molecule has 2 aliphatic rings. The van der Waals surface area contributed by atoms with Crippen LogP contribution in [0.5, 0.6) is 5.75 Å². The van der Waals surface area contributed by atoms with Crippen molar-refractivity contribution in [3.8, 4) is 5.75 Å². The highest BCUT2D eigenvalue weighted by Gasteiger charge is 2.11. The van der Waals surface area contributed by atoms with E-state index >= 15 is 0 Å². The SMILES string of the molecule is O=C=C1N=C(Nc2ccc(OCCN3CCCCC3)cc2)NN1. The van der Waals surface area contributed by atoms with Crippen LogP contribution in [0.1, 0.15) is 19.3 Å². The van der Waals surface area contributed by atoms with Crippen molar-refractivity contribution in [3.05, 3.63) is 30.1 Å². The van der Waals surface area contributed by atoms with E-state index in [1.165, 1.54) is 32.4 Å². The predicted octanol–water partition coefficient (Wildman–Crippen LogP) is 1.10. The molecule has 7 heteroatoms. The molecule has 1 saturated heterocycles. The molecule has 0 aromatic heterocycles. The highest BCUT2D eigenvalue weighted by Crippen LogP contribution is 2.16. The number of nitrogens with one attached hydrogen (secondary N) is 3. The summed E-state index contributed by atoms with van der Waals surface area (Å²) in [6.45, 7) is 4.06. The summed E-state index contributed by atoms with van der Waals surface area (Å²) in [6.07, 6.45) is 3.95. The molecule has 0 unspecified atom stereocenters. The molecule has 1 aromatic carbocycles.